The van der Waals surface area contributed by atoms with E-state index in [9.17, 15) is 9.59 Å². The molecule has 0 spiro atoms. The Morgan fingerprint density at radius 2 is 2.00 bits per heavy atom. The van der Waals surface area contributed by atoms with Crippen LogP contribution in [0.15, 0.2) is 34.5 Å². The molecule has 3 aliphatic rings. The van der Waals surface area contributed by atoms with Crippen molar-refractivity contribution in [3.05, 3.63) is 29.3 Å². The first-order chi connectivity index (χ1) is 13.7. The predicted octanol–water partition coefficient (Wildman–Crippen LogP) is 4.46. The molecule has 0 aromatic heterocycles. The third-order valence-corrected chi connectivity index (χ3v) is 8.37. The number of hydrogen-bond donors (Lipinski definition) is 2. The number of carbonyl (C=O) groups excluding carboxylic acids is 2. The van der Waals surface area contributed by atoms with E-state index in [1.54, 1.807) is 24.3 Å². The predicted molar refractivity (Wildman–Crippen MR) is 118 cm³/mol. The highest BCUT2D eigenvalue weighted by molar-refractivity contribution is 8.15. The summed E-state index contributed by atoms with van der Waals surface area (Å²) in [5.41, 5.74) is 2.09. The van der Waals surface area contributed by atoms with Gasteiger partial charge in [0.25, 0.3) is 0 Å². The minimum atomic E-state index is -0.506. The topological polar surface area (TPSA) is 82.9 Å². The van der Waals surface area contributed by atoms with Crippen LogP contribution in [0.1, 0.15) is 46.5 Å². The van der Waals surface area contributed by atoms with E-state index in [0.717, 1.165) is 18.6 Å². The Kier molecular flexibility index (Phi) is 5.23. The van der Waals surface area contributed by atoms with Crippen molar-refractivity contribution in [3.8, 4) is 0 Å². The Morgan fingerprint density at radius 3 is 2.62 bits per heavy atom. The van der Waals surface area contributed by atoms with E-state index in [1.807, 2.05) is 0 Å². The van der Waals surface area contributed by atoms with Crippen LogP contribution in [0.25, 0.3) is 0 Å². The first-order valence-corrected chi connectivity index (χ1v) is 11.1. The van der Waals surface area contributed by atoms with Crippen molar-refractivity contribution in [3.63, 3.8) is 0 Å². The highest BCUT2D eigenvalue weighted by atomic mass is 35.5. The molecule has 2 aliphatic carbocycles. The Hall–Kier alpha value is -1.86. The third-order valence-electron chi connectivity index (χ3n) is 7.05. The fraction of sp³-hybridized carbons (Fsp3) is 0.524. The normalized spacial score (nSPS) is 32.8. The molecule has 1 aromatic carbocycles. The molecule has 3 fully saturated rings. The largest absolute Gasteiger partial charge is 0.326 e. The zero-order valence-corrected chi connectivity index (χ0v) is 18.4. The highest BCUT2D eigenvalue weighted by Gasteiger charge is 2.60. The van der Waals surface area contributed by atoms with Gasteiger partial charge >= 0.3 is 0 Å². The van der Waals surface area contributed by atoms with Crippen molar-refractivity contribution < 1.29 is 9.59 Å². The second-order valence-electron chi connectivity index (χ2n) is 8.80. The number of carbonyl (C=O) groups is 2. The third kappa shape index (κ3) is 3.70. The number of hydrogen-bond acceptors (Lipinski definition) is 5. The lowest BCUT2D eigenvalue weighted by Crippen LogP contribution is -2.32. The molecule has 3 atom stereocenters. The number of halogens is 1. The van der Waals surface area contributed by atoms with Gasteiger partial charge in [0.05, 0.1) is 0 Å². The quantitative estimate of drug-likeness (QED) is 0.689. The van der Waals surface area contributed by atoms with E-state index in [2.05, 4.69) is 41.6 Å². The second kappa shape index (κ2) is 7.43. The van der Waals surface area contributed by atoms with Gasteiger partial charge in [0.1, 0.15) is 5.25 Å². The fourth-order valence-electron chi connectivity index (χ4n) is 4.69. The number of amides is 2. The molecule has 6 nitrogen and oxygen atoms in total. The van der Waals surface area contributed by atoms with Crippen LogP contribution in [0, 0.1) is 16.7 Å². The Labute approximate surface area is 179 Å². The maximum atomic E-state index is 12.3. The number of rotatable bonds is 4. The van der Waals surface area contributed by atoms with Gasteiger partial charge in [-0.15, -0.1) is 5.10 Å². The number of anilines is 1. The number of nitrogens with zero attached hydrogens (tertiary/aromatic N) is 2. The van der Waals surface area contributed by atoms with Crippen molar-refractivity contribution in [2.24, 2.45) is 27.0 Å². The molecule has 1 saturated heterocycles. The maximum Gasteiger partial charge on any atom is 0.240 e. The van der Waals surface area contributed by atoms with Crippen LogP contribution in [0.5, 0.6) is 0 Å². The Bertz CT molecular complexity index is 912. The van der Waals surface area contributed by atoms with Crippen molar-refractivity contribution in [2.45, 2.75) is 51.7 Å². The summed E-state index contributed by atoms with van der Waals surface area (Å²) in [5.74, 6) is 0.219. The minimum absolute atomic E-state index is 0.0710. The monoisotopic (exact) mass is 432 g/mol. The molecule has 8 heteroatoms. The molecule has 1 heterocycles. The lowest BCUT2D eigenvalue weighted by molar-refractivity contribution is -0.122. The van der Waals surface area contributed by atoms with Crippen molar-refractivity contribution in [1.82, 2.24) is 5.32 Å². The maximum absolute atomic E-state index is 12.3. The SMILES string of the molecule is CC12CCC(C/C1=N/N=C1/NC(=O)C(CC(=O)Nc3ccc(Cl)cc3)S1)C2(C)C. The molecule has 29 heavy (non-hydrogen) atoms. The van der Waals surface area contributed by atoms with E-state index in [4.69, 9.17) is 11.6 Å². The number of thioether (sulfide) groups is 1. The summed E-state index contributed by atoms with van der Waals surface area (Å²) in [6.45, 7) is 6.92. The van der Waals surface area contributed by atoms with Crippen LogP contribution in [-0.4, -0.2) is 27.9 Å². The van der Waals surface area contributed by atoms with Crippen molar-refractivity contribution in [2.75, 3.05) is 5.32 Å². The zero-order chi connectivity index (χ0) is 20.8. The fourth-order valence-corrected chi connectivity index (χ4v) is 5.73. The van der Waals surface area contributed by atoms with Crippen LogP contribution in [0.4, 0.5) is 5.69 Å². The summed E-state index contributed by atoms with van der Waals surface area (Å²) in [6, 6.07) is 6.86. The average Bonchev–Trinajstić information content (AvgIpc) is 3.18. The van der Waals surface area contributed by atoms with E-state index < -0.39 is 5.25 Å². The summed E-state index contributed by atoms with van der Waals surface area (Å²) >= 11 is 7.11. The van der Waals surface area contributed by atoms with E-state index in [0.29, 0.717) is 21.8 Å². The molecular formula is C21H25ClN4O2S. The molecule has 1 aliphatic heterocycles. The van der Waals surface area contributed by atoms with E-state index in [1.165, 1.54) is 18.2 Å². The summed E-state index contributed by atoms with van der Waals surface area (Å²) in [5, 5.41) is 15.0. The van der Waals surface area contributed by atoms with E-state index >= 15 is 0 Å². The Balaban J connectivity index is 1.38. The van der Waals surface area contributed by atoms with Gasteiger partial charge in [0.2, 0.25) is 11.8 Å². The van der Waals surface area contributed by atoms with Gasteiger partial charge < -0.3 is 10.6 Å². The molecule has 2 amide bonds. The van der Waals surface area contributed by atoms with Gasteiger partial charge in [-0.3, -0.25) is 9.59 Å². The zero-order valence-electron chi connectivity index (χ0n) is 16.8. The van der Waals surface area contributed by atoms with Crippen molar-refractivity contribution >= 4 is 51.7 Å². The molecule has 154 valence electrons. The number of nitrogens with one attached hydrogen (secondary N) is 2. The van der Waals surface area contributed by atoms with Gasteiger partial charge in [-0.05, 0) is 54.9 Å². The molecule has 4 rings (SSSR count). The summed E-state index contributed by atoms with van der Waals surface area (Å²) in [6.07, 6.45) is 3.43. The number of benzene rings is 1. The lowest BCUT2D eigenvalue weighted by Gasteiger charge is -2.34. The highest BCUT2D eigenvalue weighted by Crippen LogP contribution is 2.64. The number of fused-ring (bicyclic) bond motifs is 2. The molecule has 0 radical (unpaired) electrons. The molecule has 2 N–H and O–H groups in total. The molecule has 2 saturated carbocycles. The first kappa shape index (κ1) is 20.4. The van der Waals surface area contributed by atoms with Crippen LogP contribution in [0.3, 0.4) is 0 Å². The van der Waals surface area contributed by atoms with Crippen LogP contribution in [0.2, 0.25) is 5.02 Å². The van der Waals surface area contributed by atoms with E-state index in [-0.39, 0.29) is 29.1 Å². The van der Waals surface area contributed by atoms with Gasteiger partial charge in [0, 0.05) is 28.3 Å². The van der Waals surface area contributed by atoms with Crippen LogP contribution in [-0.2, 0) is 9.59 Å². The standard InChI is InChI=1S/C21H25ClN4O2S/c1-20(2)12-8-9-21(20,3)16(10-12)25-26-19-24-18(28)15(29-19)11-17(27)23-14-6-4-13(22)5-7-14/h4-7,12,15H,8-11H2,1-3H3,(H,23,27)(H,24,26,28)/b25-16-. The lowest BCUT2D eigenvalue weighted by atomic mass is 9.70. The smallest absolute Gasteiger partial charge is 0.240 e. The first-order valence-electron chi connectivity index (χ1n) is 9.87. The van der Waals surface area contributed by atoms with Gasteiger partial charge in [0.15, 0.2) is 5.17 Å². The minimum Gasteiger partial charge on any atom is -0.326 e. The summed E-state index contributed by atoms with van der Waals surface area (Å²) < 4.78 is 0. The van der Waals surface area contributed by atoms with Gasteiger partial charge in [-0.25, -0.2) is 0 Å². The van der Waals surface area contributed by atoms with Crippen LogP contribution >= 0.6 is 23.4 Å². The molecule has 2 bridgehead atoms. The number of amidine groups is 1. The average molecular weight is 433 g/mol. The molecule has 1 aromatic rings. The summed E-state index contributed by atoms with van der Waals surface area (Å²) in [7, 11) is 0. The second-order valence-corrected chi connectivity index (χ2v) is 10.4. The van der Waals surface area contributed by atoms with Crippen molar-refractivity contribution in [1.29, 1.82) is 0 Å². The molecular weight excluding hydrogens is 408 g/mol. The van der Waals surface area contributed by atoms with Gasteiger partial charge in [-0.2, -0.15) is 5.10 Å². The Morgan fingerprint density at radius 1 is 1.28 bits per heavy atom. The van der Waals surface area contributed by atoms with Crippen LogP contribution < -0.4 is 10.6 Å². The van der Waals surface area contributed by atoms with Gasteiger partial charge in [-0.1, -0.05) is 44.1 Å². The summed E-state index contributed by atoms with van der Waals surface area (Å²) in [4.78, 5) is 24.5. The molecule has 3 unspecified atom stereocenters.